The zero-order valence-corrected chi connectivity index (χ0v) is 18.5. The second-order valence-corrected chi connectivity index (χ2v) is 7.76. The quantitative estimate of drug-likeness (QED) is 0.424. The van der Waals surface area contributed by atoms with Gasteiger partial charge in [0.15, 0.2) is 0 Å². The molecule has 8 heteroatoms. The molecule has 2 heterocycles. The number of ether oxygens (including phenoxy) is 1. The molecule has 1 atom stereocenters. The van der Waals surface area contributed by atoms with Crippen LogP contribution in [0, 0.1) is 5.82 Å². The maximum absolute atomic E-state index is 14.0. The van der Waals surface area contributed by atoms with Crippen molar-refractivity contribution in [1.82, 2.24) is 15.5 Å². The van der Waals surface area contributed by atoms with Crippen molar-refractivity contribution in [2.75, 3.05) is 12.0 Å². The van der Waals surface area contributed by atoms with Gasteiger partial charge in [0.05, 0.1) is 24.4 Å². The van der Waals surface area contributed by atoms with Crippen molar-refractivity contribution < 1.29 is 18.4 Å². The van der Waals surface area contributed by atoms with Crippen LogP contribution >= 0.6 is 0 Å². The minimum atomic E-state index is -0.563. The summed E-state index contributed by atoms with van der Waals surface area (Å²) in [5, 5.41) is 7.16. The summed E-state index contributed by atoms with van der Waals surface area (Å²) in [6.07, 6.45) is 0. The van der Waals surface area contributed by atoms with Gasteiger partial charge in [-0.15, -0.1) is 0 Å². The van der Waals surface area contributed by atoms with Crippen molar-refractivity contribution in [3.8, 4) is 17.1 Å². The molecule has 1 aliphatic rings. The van der Waals surface area contributed by atoms with E-state index in [4.69, 9.17) is 9.26 Å². The van der Waals surface area contributed by atoms with Gasteiger partial charge in [-0.05, 0) is 42.8 Å². The first-order valence-electron chi connectivity index (χ1n) is 10.7. The molecule has 170 valence electrons. The van der Waals surface area contributed by atoms with Gasteiger partial charge in [0.1, 0.15) is 11.6 Å². The maximum Gasteiger partial charge on any atom is 0.327 e. The number of halogens is 1. The lowest BCUT2D eigenvalue weighted by Crippen LogP contribution is -2.46. The molecule has 2 amide bonds. The van der Waals surface area contributed by atoms with Crippen molar-refractivity contribution in [2.24, 2.45) is 0 Å². The second kappa shape index (κ2) is 8.82. The standard InChI is InChI=1S/C26H21FN4O3/c1-16-22(25-29-24(30-34-25)18-7-4-3-5-8-18)23(17-11-13-21(33-2)14-12-17)28-26(32)31(16)20-10-6-9-19(27)15-20/h3-15,23H,1-2H3,(H,28,32). The molecule has 0 fully saturated rings. The van der Waals surface area contributed by atoms with E-state index in [9.17, 15) is 9.18 Å². The molecule has 5 rings (SSSR count). The van der Waals surface area contributed by atoms with Crippen LogP contribution in [0.4, 0.5) is 14.9 Å². The lowest BCUT2D eigenvalue weighted by Gasteiger charge is -2.35. The number of nitrogens with zero attached hydrogens (tertiary/aromatic N) is 3. The fourth-order valence-corrected chi connectivity index (χ4v) is 4.03. The number of carbonyl (C=O) groups is 1. The van der Waals surface area contributed by atoms with E-state index in [-0.39, 0.29) is 5.89 Å². The molecule has 1 aromatic heterocycles. The predicted octanol–water partition coefficient (Wildman–Crippen LogP) is 5.59. The Morgan fingerprint density at radius 3 is 2.50 bits per heavy atom. The van der Waals surface area contributed by atoms with Crippen LogP contribution in [0.5, 0.6) is 5.75 Å². The van der Waals surface area contributed by atoms with Crippen LogP contribution in [-0.4, -0.2) is 23.3 Å². The first kappa shape index (κ1) is 21.4. The molecule has 4 aromatic rings. The van der Waals surface area contributed by atoms with E-state index in [1.807, 2.05) is 54.6 Å². The lowest BCUT2D eigenvalue weighted by molar-refractivity contribution is 0.244. The van der Waals surface area contributed by atoms with Crippen molar-refractivity contribution in [3.05, 3.63) is 102 Å². The molecule has 0 radical (unpaired) electrons. The first-order chi connectivity index (χ1) is 16.5. The summed E-state index contributed by atoms with van der Waals surface area (Å²) in [5.41, 5.74) is 3.17. The number of allylic oxidation sites excluding steroid dienone is 1. The van der Waals surface area contributed by atoms with Crippen molar-refractivity contribution in [2.45, 2.75) is 13.0 Å². The van der Waals surface area contributed by atoms with E-state index >= 15 is 0 Å². The summed E-state index contributed by atoms with van der Waals surface area (Å²) in [6.45, 7) is 1.78. The zero-order chi connectivity index (χ0) is 23.7. The number of aromatic nitrogens is 2. The normalized spacial score (nSPS) is 15.9. The summed E-state index contributed by atoms with van der Waals surface area (Å²) in [5.74, 6) is 0.942. The topological polar surface area (TPSA) is 80.5 Å². The van der Waals surface area contributed by atoms with Crippen molar-refractivity contribution >= 4 is 17.3 Å². The molecule has 1 unspecified atom stereocenters. The van der Waals surface area contributed by atoms with E-state index in [0.717, 1.165) is 11.1 Å². The molecule has 7 nitrogen and oxygen atoms in total. The summed E-state index contributed by atoms with van der Waals surface area (Å²) < 4.78 is 24.9. The van der Waals surface area contributed by atoms with Gasteiger partial charge in [-0.1, -0.05) is 53.7 Å². The molecule has 0 aliphatic carbocycles. The third kappa shape index (κ3) is 3.90. The van der Waals surface area contributed by atoms with E-state index < -0.39 is 17.9 Å². The summed E-state index contributed by atoms with van der Waals surface area (Å²) in [6, 6.07) is 21.7. The van der Waals surface area contributed by atoms with Crippen LogP contribution in [0.2, 0.25) is 0 Å². The van der Waals surface area contributed by atoms with Crippen LogP contribution in [-0.2, 0) is 0 Å². The number of benzene rings is 3. The highest BCUT2D eigenvalue weighted by Gasteiger charge is 2.36. The first-order valence-corrected chi connectivity index (χ1v) is 10.7. The Hall–Kier alpha value is -4.46. The minimum absolute atomic E-state index is 0.263. The van der Waals surface area contributed by atoms with Crippen LogP contribution in [0.3, 0.4) is 0 Å². The molecule has 0 saturated heterocycles. The Morgan fingerprint density at radius 1 is 1.03 bits per heavy atom. The Bertz CT molecular complexity index is 1370. The van der Waals surface area contributed by atoms with Gasteiger partial charge >= 0.3 is 6.03 Å². The van der Waals surface area contributed by atoms with Gasteiger partial charge in [-0.3, -0.25) is 4.90 Å². The zero-order valence-electron chi connectivity index (χ0n) is 18.5. The Labute approximate surface area is 195 Å². The van der Waals surface area contributed by atoms with Gasteiger partial charge in [0.2, 0.25) is 5.82 Å². The highest BCUT2D eigenvalue weighted by molar-refractivity contribution is 6.01. The number of urea groups is 1. The van der Waals surface area contributed by atoms with E-state index in [0.29, 0.717) is 28.5 Å². The van der Waals surface area contributed by atoms with Crippen molar-refractivity contribution in [1.29, 1.82) is 0 Å². The number of carbonyl (C=O) groups excluding carboxylic acids is 1. The summed E-state index contributed by atoms with van der Waals surface area (Å²) in [7, 11) is 1.59. The number of rotatable bonds is 5. The van der Waals surface area contributed by atoms with Gasteiger partial charge in [-0.25, -0.2) is 9.18 Å². The molecule has 3 aromatic carbocycles. The van der Waals surface area contributed by atoms with E-state index in [1.165, 1.54) is 17.0 Å². The minimum Gasteiger partial charge on any atom is -0.497 e. The van der Waals surface area contributed by atoms with Crippen LogP contribution in [0.1, 0.15) is 24.4 Å². The molecule has 1 aliphatic heterocycles. The van der Waals surface area contributed by atoms with Gasteiger partial charge in [0.25, 0.3) is 5.89 Å². The summed E-state index contributed by atoms with van der Waals surface area (Å²) >= 11 is 0. The third-order valence-corrected chi connectivity index (χ3v) is 5.69. The Kier molecular flexibility index (Phi) is 5.55. The monoisotopic (exact) mass is 456 g/mol. The fourth-order valence-electron chi connectivity index (χ4n) is 4.03. The number of methoxy groups -OCH3 is 1. The average molecular weight is 456 g/mol. The highest BCUT2D eigenvalue weighted by atomic mass is 19.1. The van der Waals surface area contributed by atoms with Crippen LogP contribution < -0.4 is 15.0 Å². The van der Waals surface area contributed by atoms with E-state index in [1.54, 1.807) is 26.2 Å². The van der Waals surface area contributed by atoms with Crippen LogP contribution in [0.15, 0.2) is 89.1 Å². The van der Waals surface area contributed by atoms with Gasteiger partial charge in [-0.2, -0.15) is 4.98 Å². The molecule has 0 bridgehead atoms. The Balaban J connectivity index is 1.65. The van der Waals surface area contributed by atoms with Gasteiger partial charge < -0.3 is 14.6 Å². The number of hydrogen-bond donors (Lipinski definition) is 1. The highest BCUT2D eigenvalue weighted by Crippen LogP contribution is 2.39. The lowest BCUT2D eigenvalue weighted by atomic mass is 9.94. The second-order valence-electron chi connectivity index (χ2n) is 7.76. The molecule has 34 heavy (non-hydrogen) atoms. The molecular formula is C26H21FN4O3. The Morgan fingerprint density at radius 2 is 1.79 bits per heavy atom. The largest absolute Gasteiger partial charge is 0.497 e. The van der Waals surface area contributed by atoms with Crippen molar-refractivity contribution in [3.63, 3.8) is 0 Å². The fraction of sp³-hybridized carbons (Fsp3) is 0.115. The number of anilines is 1. The number of nitrogens with one attached hydrogen (secondary N) is 1. The SMILES string of the molecule is COc1ccc(C2NC(=O)N(c3cccc(F)c3)C(C)=C2c2nc(-c3ccccc3)no2)cc1. The van der Waals surface area contributed by atoms with Gasteiger partial charge in [0, 0.05) is 11.3 Å². The molecule has 0 saturated carbocycles. The average Bonchev–Trinajstić information content (AvgIpc) is 3.34. The van der Waals surface area contributed by atoms with E-state index in [2.05, 4.69) is 15.5 Å². The summed E-state index contributed by atoms with van der Waals surface area (Å²) in [4.78, 5) is 19.2. The number of hydrogen-bond acceptors (Lipinski definition) is 5. The number of amides is 2. The van der Waals surface area contributed by atoms with Crippen LogP contribution in [0.25, 0.3) is 17.0 Å². The predicted molar refractivity (Wildman–Crippen MR) is 125 cm³/mol. The maximum atomic E-state index is 14.0. The third-order valence-electron chi connectivity index (χ3n) is 5.69. The molecule has 1 N–H and O–H groups in total. The molecular weight excluding hydrogens is 435 g/mol. The molecule has 0 spiro atoms. The smallest absolute Gasteiger partial charge is 0.327 e.